The molecule has 0 saturated carbocycles. The van der Waals surface area contributed by atoms with Crippen molar-refractivity contribution in [2.45, 2.75) is 13.0 Å². The predicted octanol–water partition coefficient (Wildman–Crippen LogP) is 2.69. The Morgan fingerprint density at radius 1 is 1.13 bits per heavy atom. The molecule has 1 aliphatic rings. The molecule has 0 radical (unpaired) electrons. The topological polar surface area (TPSA) is 79.4 Å². The summed E-state index contributed by atoms with van der Waals surface area (Å²) >= 11 is 0. The van der Waals surface area contributed by atoms with Crippen LogP contribution in [0.3, 0.4) is 0 Å². The molecule has 2 N–H and O–H groups in total. The molecule has 2 aromatic carbocycles. The molecule has 0 aliphatic carbocycles. The van der Waals surface area contributed by atoms with Crippen LogP contribution in [-0.4, -0.2) is 47.3 Å². The van der Waals surface area contributed by atoms with E-state index in [1.54, 1.807) is 12.0 Å². The summed E-state index contributed by atoms with van der Waals surface area (Å²) in [6.45, 7) is 3.84. The Bertz CT molecular complexity index is 1070. The van der Waals surface area contributed by atoms with Gasteiger partial charge in [-0.3, -0.25) is 14.7 Å². The van der Waals surface area contributed by atoms with Crippen LogP contribution in [0.2, 0.25) is 0 Å². The van der Waals surface area contributed by atoms with E-state index in [1.165, 1.54) is 10.7 Å². The first-order valence-corrected chi connectivity index (χ1v) is 9.62. The Morgan fingerprint density at radius 2 is 1.87 bits per heavy atom. The van der Waals surface area contributed by atoms with E-state index >= 15 is 0 Å². The zero-order valence-electron chi connectivity index (χ0n) is 16.9. The minimum Gasteiger partial charge on any atom is -0.496 e. The number of halogens is 1. The van der Waals surface area contributed by atoms with Gasteiger partial charge in [-0.2, -0.15) is 0 Å². The fourth-order valence-corrected chi connectivity index (χ4v) is 3.71. The number of ether oxygens (including phenoxy) is 1. The largest absolute Gasteiger partial charge is 0.496 e. The lowest BCUT2D eigenvalue weighted by molar-refractivity contribution is 0.0625. The van der Waals surface area contributed by atoms with Crippen LogP contribution >= 0.6 is 12.4 Å². The standard InChI is InChI=1S/C22H24N4O3.ClH/c1-15-7-9-16(10-8-15)26-21(27)13-18(24-26)22(28)25-12-11-23-14-19(25)17-5-3-4-6-20(17)29-2;/h3-10,13,19,23-24H,11-12,14H2,1-2H3;1H. The van der Waals surface area contributed by atoms with E-state index in [0.29, 0.717) is 25.3 Å². The first-order valence-electron chi connectivity index (χ1n) is 9.62. The third-order valence-corrected chi connectivity index (χ3v) is 5.25. The van der Waals surface area contributed by atoms with E-state index in [2.05, 4.69) is 10.4 Å². The van der Waals surface area contributed by atoms with Gasteiger partial charge in [-0.05, 0) is 25.1 Å². The Balaban J connectivity index is 0.00000256. The molecule has 1 fully saturated rings. The molecule has 30 heavy (non-hydrogen) atoms. The molecule has 158 valence electrons. The van der Waals surface area contributed by atoms with E-state index in [0.717, 1.165) is 16.9 Å². The van der Waals surface area contributed by atoms with Crippen molar-refractivity contribution in [3.63, 3.8) is 0 Å². The molecule has 1 unspecified atom stereocenters. The number of hydrogen-bond donors (Lipinski definition) is 2. The monoisotopic (exact) mass is 428 g/mol. The smallest absolute Gasteiger partial charge is 0.272 e. The SMILES string of the molecule is COc1ccccc1C1CNCCN1C(=O)c1cc(=O)n(-c2ccc(C)cc2)[nH]1.Cl. The maximum atomic E-state index is 13.3. The van der Waals surface area contributed by atoms with Crippen molar-refractivity contribution in [2.75, 3.05) is 26.7 Å². The molecule has 1 aromatic heterocycles. The number of H-pyrrole nitrogens is 1. The summed E-state index contributed by atoms with van der Waals surface area (Å²) in [5.74, 6) is 0.537. The second kappa shape index (κ2) is 9.19. The van der Waals surface area contributed by atoms with Crippen molar-refractivity contribution in [3.8, 4) is 11.4 Å². The number of carbonyl (C=O) groups is 1. The summed E-state index contributed by atoms with van der Waals surface area (Å²) in [6.07, 6.45) is 0. The quantitative estimate of drug-likeness (QED) is 0.669. The van der Waals surface area contributed by atoms with Crippen LogP contribution in [0.25, 0.3) is 5.69 Å². The van der Waals surface area contributed by atoms with Crippen molar-refractivity contribution < 1.29 is 9.53 Å². The Morgan fingerprint density at radius 3 is 2.60 bits per heavy atom. The van der Waals surface area contributed by atoms with Gasteiger partial charge in [-0.15, -0.1) is 12.4 Å². The van der Waals surface area contributed by atoms with E-state index < -0.39 is 0 Å². The second-order valence-electron chi connectivity index (χ2n) is 7.14. The number of para-hydroxylation sites is 1. The highest BCUT2D eigenvalue weighted by Gasteiger charge is 2.31. The molecular weight excluding hydrogens is 404 g/mol. The third-order valence-electron chi connectivity index (χ3n) is 5.25. The minimum atomic E-state index is -0.263. The Labute approximate surface area is 181 Å². The van der Waals surface area contributed by atoms with Crippen LogP contribution in [0.4, 0.5) is 0 Å². The number of hydrogen-bond acceptors (Lipinski definition) is 4. The lowest BCUT2D eigenvalue weighted by Gasteiger charge is -2.36. The molecule has 7 nitrogen and oxygen atoms in total. The number of benzene rings is 2. The molecule has 1 aliphatic heterocycles. The molecule has 8 heteroatoms. The summed E-state index contributed by atoms with van der Waals surface area (Å²) in [5, 5.41) is 6.32. The second-order valence-corrected chi connectivity index (χ2v) is 7.14. The van der Waals surface area contributed by atoms with Crippen LogP contribution < -0.4 is 15.6 Å². The van der Waals surface area contributed by atoms with Crippen LogP contribution in [0, 0.1) is 6.92 Å². The van der Waals surface area contributed by atoms with Crippen molar-refractivity contribution in [1.29, 1.82) is 0 Å². The molecular formula is C22H25ClN4O3. The molecule has 1 amide bonds. The summed E-state index contributed by atoms with van der Waals surface area (Å²) in [7, 11) is 1.63. The molecule has 1 atom stereocenters. The minimum absolute atomic E-state index is 0. The van der Waals surface area contributed by atoms with Gasteiger partial charge in [0.1, 0.15) is 11.4 Å². The zero-order chi connectivity index (χ0) is 20.4. The number of methoxy groups -OCH3 is 1. The normalized spacial score (nSPS) is 16.1. The van der Waals surface area contributed by atoms with Gasteiger partial charge in [-0.25, -0.2) is 4.68 Å². The molecule has 0 spiro atoms. The van der Waals surface area contributed by atoms with Crippen LogP contribution in [0.15, 0.2) is 59.4 Å². The Kier molecular flexibility index (Phi) is 6.64. The number of rotatable bonds is 4. The molecule has 4 rings (SSSR count). The lowest BCUT2D eigenvalue weighted by atomic mass is 10.0. The van der Waals surface area contributed by atoms with Gasteiger partial charge in [0.25, 0.3) is 11.5 Å². The van der Waals surface area contributed by atoms with Gasteiger partial charge in [0.2, 0.25) is 0 Å². The number of aryl methyl sites for hydroxylation is 1. The Hall–Kier alpha value is -3.03. The van der Waals surface area contributed by atoms with Crippen LogP contribution in [0.5, 0.6) is 5.75 Å². The first kappa shape index (κ1) is 21.7. The van der Waals surface area contributed by atoms with Crippen molar-refractivity contribution >= 4 is 18.3 Å². The molecule has 0 bridgehead atoms. The molecule has 1 saturated heterocycles. The fraction of sp³-hybridized carbons (Fsp3) is 0.273. The summed E-state index contributed by atoms with van der Waals surface area (Å²) in [5.41, 5.74) is 2.75. The number of piperazine rings is 1. The number of aromatic amines is 1. The summed E-state index contributed by atoms with van der Waals surface area (Å²) in [4.78, 5) is 27.6. The van der Waals surface area contributed by atoms with Crippen molar-refractivity contribution in [3.05, 3.63) is 81.8 Å². The number of nitrogens with zero attached hydrogens (tertiary/aromatic N) is 2. The average molecular weight is 429 g/mol. The van der Waals surface area contributed by atoms with Crippen molar-refractivity contribution in [2.24, 2.45) is 0 Å². The van der Waals surface area contributed by atoms with Gasteiger partial charge in [0, 0.05) is 31.3 Å². The van der Waals surface area contributed by atoms with Gasteiger partial charge < -0.3 is 15.0 Å². The van der Waals surface area contributed by atoms with Crippen LogP contribution in [-0.2, 0) is 0 Å². The van der Waals surface area contributed by atoms with Crippen LogP contribution in [0.1, 0.15) is 27.7 Å². The third kappa shape index (κ3) is 4.13. The zero-order valence-corrected chi connectivity index (χ0v) is 17.7. The van der Waals surface area contributed by atoms with Crippen molar-refractivity contribution in [1.82, 2.24) is 20.0 Å². The van der Waals surface area contributed by atoms with Gasteiger partial charge >= 0.3 is 0 Å². The van der Waals surface area contributed by atoms with E-state index in [-0.39, 0.29) is 35.6 Å². The van der Waals surface area contributed by atoms with E-state index in [4.69, 9.17) is 4.74 Å². The number of carbonyl (C=O) groups excluding carboxylic acids is 1. The van der Waals surface area contributed by atoms with E-state index in [9.17, 15) is 9.59 Å². The average Bonchev–Trinajstić information content (AvgIpc) is 3.15. The highest BCUT2D eigenvalue weighted by molar-refractivity contribution is 5.92. The van der Waals surface area contributed by atoms with Gasteiger partial charge in [0.05, 0.1) is 18.8 Å². The predicted molar refractivity (Wildman–Crippen MR) is 118 cm³/mol. The summed E-state index contributed by atoms with van der Waals surface area (Å²) in [6, 6.07) is 16.4. The lowest BCUT2D eigenvalue weighted by Crippen LogP contribution is -2.48. The number of nitrogens with one attached hydrogen (secondary N) is 2. The summed E-state index contributed by atoms with van der Waals surface area (Å²) < 4.78 is 6.89. The maximum Gasteiger partial charge on any atom is 0.272 e. The highest BCUT2D eigenvalue weighted by Crippen LogP contribution is 2.30. The van der Waals surface area contributed by atoms with Gasteiger partial charge in [0.15, 0.2) is 0 Å². The maximum absolute atomic E-state index is 13.3. The number of aromatic nitrogens is 2. The first-order chi connectivity index (χ1) is 14.1. The van der Waals surface area contributed by atoms with Gasteiger partial charge in [-0.1, -0.05) is 35.9 Å². The molecule has 2 heterocycles. The number of amides is 1. The highest BCUT2D eigenvalue weighted by atomic mass is 35.5. The fourth-order valence-electron chi connectivity index (χ4n) is 3.71. The van der Waals surface area contributed by atoms with E-state index in [1.807, 2.05) is 55.5 Å². The molecule has 3 aromatic rings.